The van der Waals surface area contributed by atoms with Crippen LogP contribution in [0.3, 0.4) is 0 Å². The standard InChI is InChI=1S/C17H25F2NO2S/c1-4-17(2,3)12-5-7-13(8-6-12)20-23(21,22)14-9-10-15(18)16(19)11-14/h9-13,20H,4-8H2,1-3H3. The molecule has 2 rings (SSSR count). The van der Waals surface area contributed by atoms with Crippen molar-refractivity contribution in [1.29, 1.82) is 0 Å². The predicted molar refractivity (Wildman–Crippen MR) is 86.5 cm³/mol. The van der Waals surface area contributed by atoms with Crippen LogP contribution < -0.4 is 4.72 Å². The van der Waals surface area contributed by atoms with Crippen molar-refractivity contribution in [2.75, 3.05) is 0 Å². The van der Waals surface area contributed by atoms with E-state index in [1.54, 1.807) is 0 Å². The van der Waals surface area contributed by atoms with E-state index in [0.717, 1.165) is 50.3 Å². The Morgan fingerprint density at radius 1 is 1.13 bits per heavy atom. The maximum Gasteiger partial charge on any atom is 0.240 e. The van der Waals surface area contributed by atoms with E-state index in [1.807, 2.05) is 0 Å². The first-order chi connectivity index (χ1) is 10.7. The first kappa shape index (κ1) is 18.3. The molecule has 130 valence electrons. The monoisotopic (exact) mass is 345 g/mol. The molecule has 0 bridgehead atoms. The molecule has 0 unspecified atom stereocenters. The Morgan fingerprint density at radius 3 is 2.26 bits per heavy atom. The molecule has 0 saturated heterocycles. The van der Waals surface area contributed by atoms with Crippen LogP contribution >= 0.6 is 0 Å². The summed E-state index contributed by atoms with van der Waals surface area (Å²) >= 11 is 0. The Balaban J connectivity index is 2.01. The van der Waals surface area contributed by atoms with Gasteiger partial charge in [-0.3, -0.25) is 0 Å². The van der Waals surface area contributed by atoms with Crippen LogP contribution in [0.4, 0.5) is 8.78 Å². The van der Waals surface area contributed by atoms with Crippen molar-refractivity contribution in [3.63, 3.8) is 0 Å². The Hall–Kier alpha value is -1.01. The average molecular weight is 345 g/mol. The lowest BCUT2D eigenvalue weighted by atomic mass is 9.69. The summed E-state index contributed by atoms with van der Waals surface area (Å²) in [5.41, 5.74) is 0.268. The molecule has 1 N–H and O–H groups in total. The molecule has 0 aromatic heterocycles. The van der Waals surface area contributed by atoms with Gasteiger partial charge in [0.1, 0.15) is 0 Å². The molecular formula is C17H25F2NO2S. The highest BCUT2D eigenvalue weighted by Crippen LogP contribution is 2.40. The van der Waals surface area contributed by atoms with Gasteiger partial charge in [-0.2, -0.15) is 0 Å². The summed E-state index contributed by atoms with van der Waals surface area (Å²) in [6.07, 6.45) is 4.61. The van der Waals surface area contributed by atoms with E-state index in [2.05, 4.69) is 25.5 Å². The van der Waals surface area contributed by atoms with Crippen molar-refractivity contribution < 1.29 is 17.2 Å². The number of hydrogen-bond acceptors (Lipinski definition) is 2. The summed E-state index contributed by atoms with van der Waals surface area (Å²) in [4.78, 5) is -0.229. The van der Waals surface area contributed by atoms with E-state index in [1.165, 1.54) is 0 Å². The number of halogens is 2. The molecule has 0 spiro atoms. The second-order valence-corrected chi connectivity index (χ2v) is 8.80. The van der Waals surface area contributed by atoms with Crippen LogP contribution in [-0.2, 0) is 10.0 Å². The van der Waals surface area contributed by atoms with Gasteiger partial charge in [0.2, 0.25) is 10.0 Å². The van der Waals surface area contributed by atoms with Crippen LogP contribution in [-0.4, -0.2) is 14.5 Å². The second kappa shape index (κ2) is 6.85. The smallest absolute Gasteiger partial charge is 0.208 e. The van der Waals surface area contributed by atoms with Gasteiger partial charge in [0, 0.05) is 6.04 Å². The molecule has 0 amide bonds. The molecule has 1 saturated carbocycles. The van der Waals surface area contributed by atoms with E-state index >= 15 is 0 Å². The molecule has 0 atom stereocenters. The third-order valence-corrected chi connectivity index (χ3v) is 6.78. The number of sulfonamides is 1. The quantitative estimate of drug-likeness (QED) is 0.868. The summed E-state index contributed by atoms with van der Waals surface area (Å²) in [5.74, 6) is -1.61. The summed E-state index contributed by atoms with van der Waals surface area (Å²) in [6, 6.07) is 2.51. The molecule has 0 radical (unpaired) electrons. The van der Waals surface area contributed by atoms with E-state index in [0.29, 0.717) is 5.92 Å². The van der Waals surface area contributed by atoms with E-state index in [4.69, 9.17) is 0 Å². The summed E-state index contributed by atoms with van der Waals surface area (Å²) in [7, 11) is -3.81. The molecule has 23 heavy (non-hydrogen) atoms. The highest BCUT2D eigenvalue weighted by Gasteiger charge is 2.33. The summed E-state index contributed by atoms with van der Waals surface area (Å²) < 4.78 is 53.4. The van der Waals surface area contributed by atoms with Gasteiger partial charge in [-0.25, -0.2) is 21.9 Å². The zero-order chi connectivity index (χ0) is 17.3. The van der Waals surface area contributed by atoms with E-state index in [-0.39, 0.29) is 16.4 Å². The SMILES string of the molecule is CCC(C)(C)C1CCC(NS(=O)(=O)c2ccc(F)c(F)c2)CC1. The lowest BCUT2D eigenvalue weighted by Crippen LogP contribution is -2.39. The van der Waals surface area contributed by atoms with Crippen LogP contribution in [0.5, 0.6) is 0 Å². The van der Waals surface area contributed by atoms with Crippen LogP contribution in [0.2, 0.25) is 0 Å². The van der Waals surface area contributed by atoms with Crippen LogP contribution in [0.25, 0.3) is 0 Å². The molecule has 0 aliphatic heterocycles. The van der Waals surface area contributed by atoms with Crippen molar-refractivity contribution in [2.45, 2.75) is 63.8 Å². The Morgan fingerprint density at radius 2 is 1.74 bits per heavy atom. The third kappa shape index (κ3) is 4.29. The van der Waals surface area contributed by atoms with Gasteiger partial charge in [-0.15, -0.1) is 0 Å². The van der Waals surface area contributed by atoms with Crippen molar-refractivity contribution >= 4 is 10.0 Å². The van der Waals surface area contributed by atoms with Crippen LogP contribution in [0.15, 0.2) is 23.1 Å². The van der Waals surface area contributed by atoms with Gasteiger partial charge in [0.05, 0.1) is 4.90 Å². The molecule has 3 nitrogen and oxygen atoms in total. The number of benzene rings is 1. The van der Waals surface area contributed by atoms with E-state index < -0.39 is 21.7 Å². The van der Waals surface area contributed by atoms with Crippen molar-refractivity contribution in [3.8, 4) is 0 Å². The lowest BCUT2D eigenvalue weighted by Gasteiger charge is -2.39. The summed E-state index contributed by atoms with van der Waals surface area (Å²) in [5, 5.41) is 0. The molecule has 0 heterocycles. The van der Waals surface area contributed by atoms with Crippen LogP contribution in [0, 0.1) is 23.0 Å². The van der Waals surface area contributed by atoms with Crippen molar-refractivity contribution in [2.24, 2.45) is 11.3 Å². The fraction of sp³-hybridized carbons (Fsp3) is 0.647. The molecule has 1 aliphatic carbocycles. The fourth-order valence-corrected chi connectivity index (χ4v) is 4.53. The largest absolute Gasteiger partial charge is 0.240 e. The minimum atomic E-state index is -3.81. The zero-order valence-corrected chi connectivity index (χ0v) is 14.7. The van der Waals surface area contributed by atoms with Crippen LogP contribution in [0.1, 0.15) is 52.9 Å². The first-order valence-electron chi connectivity index (χ1n) is 8.13. The van der Waals surface area contributed by atoms with Crippen molar-refractivity contribution in [1.82, 2.24) is 4.72 Å². The van der Waals surface area contributed by atoms with Gasteiger partial charge in [-0.1, -0.05) is 27.2 Å². The lowest BCUT2D eigenvalue weighted by molar-refractivity contribution is 0.142. The number of rotatable bonds is 5. The second-order valence-electron chi connectivity index (χ2n) is 7.09. The Kier molecular flexibility index (Phi) is 5.46. The Bertz CT molecular complexity index is 651. The fourth-order valence-electron chi connectivity index (χ4n) is 3.21. The highest BCUT2D eigenvalue weighted by atomic mass is 32.2. The molecule has 6 heteroatoms. The van der Waals surface area contributed by atoms with Gasteiger partial charge in [0.25, 0.3) is 0 Å². The molecule has 1 aromatic rings. The topological polar surface area (TPSA) is 46.2 Å². The number of hydrogen-bond donors (Lipinski definition) is 1. The first-order valence-corrected chi connectivity index (χ1v) is 9.61. The van der Waals surface area contributed by atoms with Gasteiger partial charge >= 0.3 is 0 Å². The third-order valence-electron chi connectivity index (χ3n) is 5.27. The molecule has 1 aromatic carbocycles. The molecule has 1 aliphatic rings. The summed E-state index contributed by atoms with van der Waals surface area (Å²) in [6.45, 7) is 6.69. The highest BCUT2D eigenvalue weighted by molar-refractivity contribution is 7.89. The Labute approximate surface area is 137 Å². The van der Waals surface area contributed by atoms with Crippen molar-refractivity contribution in [3.05, 3.63) is 29.8 Å². The molecular weight excluding hydrogens is 320 g/mol. The molecule has 1 fully saturated rings. The maximum absolute atomic E-state index is 13.2. The van der Waals surface area contributed by atoms with Gasteiger partial charge < -0.3 is 0 Å². The normalized spacial score (nSPS) is 23.0. The maximum atomic E-state index is 13.2. The predicted octanol–water partition coefficient (Wildman–Crippen LogP) is 4.24. The van der Waals surface area contributed by atoms with Gasteiger partial charge in [-0.05, 0) is 55.2 Å². The van der Waals surface area contributed by atoms with Gasteiger partial charge in [0.15, 0.2) is 11.6 Å². The minimum absolute atomic E-state index is 0.142. The van der Waals surface area contributed by atoms with E-state index in [9.17, 15) is 17.2 Å². The average Bonchev–Trinajstić information content (AvgIpc) is 2.50. The number of nitrogens with one attached hydrogen (secondary N) is 1. The zero-order valence-electron chi connectivity index (χ0n) is 13.9. The minimum Gasteiger partial charge on any atom is -0.208 e.